The number of hydrogen-bond acceptors (Lipinski definition) is 4. The number of hydrogen-bond donors (Lipinski definition) is 1. The van der Waals surface area contributed by atoms with Crippen molar-refractivity contribution < 1.29 is 19.0 Å². The Labute approximate surface area is 200 Å². The first-order chi connectivity index (χ1) is 16.6. The number of amides is 1. The lowest BCUT2D eigenvalue weighted by atomic mass is 10.1. The molecule has 1 N–H and O–H groups in total. The van der Waals surface area contributed by atoms with E-state index < -0.39 is 0 Å². The number of methoxy groups -OCH3 is 2. The number of ether oxygens (including phenoxy) is 3. The van der Waals surface area contributed by atoms with E-state index in [0.717, 1.165) is 16.5 Å². The van der Waals surface area contributed by atoms with Crippen LogP contribution in [0.15, 0.2) is 79.0 Å². The van der Waals surface area contributed by atoms with Crippen LogP contribution in [-0.4, -0.2) is 37.9 Å². The van der Waals surface area contributed by atoms with Crippen LogP contribution in [0.2, 0.25) is 0 Å². The highest BCUT2D eigenvalue weighted by Crippen LogP contribution is 2.31. The van der Waals surface area contributed by atoms with Crippen LogP contribution in [0.1, 0.15) is 34.5 Å². The Morgan fingerprint density at radius 2 is 1.71 bits per heavy atom. The summed E-state index contributed by atoms with van der Waals surface area (Å²) in [6.07, 6.45) is 1.94. The zero-order chi connectivity index (χ0) is 23.9. The first kappa shape index (κ1) is 23.4. The fraction of sp³-hybridized carbons (Fsp3) is 0.250. The number of nitrogens with zero attached hydrogens (tertiary/aromatic N) is 1. The predicted molar refractivity (Wildman–Crippen MR) is 134 cm³/mol. The zero-order valence-corrected chi connectivity index (χ0v) is 19.8. The molecular weight excluding hydrogens is 428 g/mol. The third-order valence-electron chi connectivity index (χ3n) is 5.81. The average molecular weight is 459 g/mol. The molecule has 176 valence electrons. The van der Waals surface area contributed by atoms with Gasteiger partial charge in [0.25, 0.3) is 5.91 Å². The largest absolute Gasteiger partial charge is 0.493 e. The van der Waals surface area contributed by atoms with Crippen LogP contribution in [0, 0.1) is 0 Å². The van der Waals surface area contributed by atoms with Gasteiger partial charge in [0.15, 0.2) is 11.5 Å². The van der Waals surface area contributed by atoms with Gasteiger partial charge in [-0.15, -0.1) is 0 Å². The predicted octanol–water partition coefficient (Wildman–Crippen LogP) is 5.21. The molecule has 3 aromatic carbocycles. The molecule has 34 heavy (non-hydrogen) atoms. The molecule has 0 aliphatic heterocycles. The van der Waals surface area contributed by atoms with Crippen LogP contribution in [0.3, 0.4) is 0 Å². The van der Waals surface area contributed by atoms with E-state index in [-0.39, 0.29) is 11.9 Å². The molecule has 1 unspecified atom stereocenters. The summed E-state index contributed by atoms with van der Waals surface area (Å²) in [6, 6.07) is 23.7. The molecule has 0 aliphatic rings. The minimum Gasteiger partial charge on any atom is -0.493 e. The second-order valence-corrected chi connectivity index (χ2v) is 8.12. The number of rotatable bonds is 10. The van der Waals surface area contributed by atoms with E-state index in [2.05, 4.69) is 22.0 Å². The maximum absolute atomic E-state index is 13.3. The van der Waals surface area contributed by atoms with Gasteiger partial charge in [-0.05, 0) is 36.2 Å². The van der Waals surface area contributed by atoms with Crippen LogP contribution in [0.5, 0.6) is 11.5 Å². The Morgan fingerprint density at radius 1 is 0.941 bits per heavy atom. The molecule has 1 amide bonds. The summed E-state index contributed by atoms with van der Waals surface area (Å²) < 4.78 is 18.4. The minimum absolute atomic E-state index is 0.116. The van der Waals surface area contributed by atoms with E-state index in [1.165, 1.54) is 5.56 Å². The first-order valence-corrected chi connectivity index (χ1v) is 11.3. The van der Waals surface area contributed by atoms with E-state index >= 15 is 0 Å². The van der Waals surface area contributed by atoms with Gasteiger partial charge in [0.2, 0.25) is 0 Å². The van der Waals surface area contributed by atoms with Crippen molar-refractivity contribution in [1.82, 2.24) is 9.88 Å². The smallest absolute Gasteiger partial charge is 0.253 e. The lowest BCUT2D eigenvalue weighted by Gasteiger charge is -2.17. The van der Waals surface area contributed by atoms with Crippen molar-refractivity contribution in [2.75, 3.05) is 27.4 Å². The van der Waals surface area contributed by atoms with E-state index in [0.29, 0.717) is 36.8 Å². The molecule has 4 aromatic rings. The molecule has 0 spiro atoms. The van der Waals surface area contributed by atoms with Gasteiger partial charge in [0, 0.05) is 30.8 Å². The molecular formula is C28H30N2O4. The van der Waals surface area contributed by atoms with Gasteiger partial charge in [0.1, 0.15) is 6.61 Å². The molecule has 0 bridgehead atoms. The third kappa shape index (κ3) is 5.24. The van der Waals surface area contributed by atoms with Crippen LogP contribution < -0.4 is 14.8 Å². The highest BCUT2D eigenvalue weighted by Gasteiger charge is 2.18. The van der Waals surface area contributed by atoms with Gasteiger partial charge in [0.05, 0.1) is 25.3 Å². The van der Waals surface area contributed by atoms with Crippen molar-refractivity contribution in [1.29, 1.82) is 0 Å². The second kappa shape index (κ2) is 10.9. The maximum Gasteiger partial charge on any atom is 0.253 e. The molecule has 4 rings (SSSR count). The molecule has 0 aliphatic carbocycles. The molecule has 0 radical (unpaired) electrons. The zero-order valence-electron chi connectivity index (χ0n) is 19.8. The van der Waals surface area contributed by atoms with E-state index in [1.807, 2.05) is 73.8 Å². The van der Waals surface area contributed by atoms with Crippen molar-refractivity contribution in [3.8, 4) is 11.5 Å². The third-order valence-corrected chi connectivity index (χ3v) is 5.81. The minimum atomic E-state index is -0.217. The molecule has 6 heteroatoms. The Kier molecular flexibility index (Phi) is 7.50. The fourth-order valence-electron chi connectivity index (χ4n) is 4.00. The lowest BCUT2D eigenvalue weighted by Crippen LogP contribution is -2.26. The van der Waals surface area contributed by atoms with Crippen molar-refractivity contribution in [2.45, 2.75) is 19.5 Å². The quantitative estimate of drug-likeness (QED) is 0.331. The van der Waals surface area contributed by atoms with Gasteiger partial charge in [-0.2, -0.15) is 0 Å². The number of carbonyl (C=O) groups is 1. The highest BCUT2D eigenvalue weighted by atomic mass is 16.5. The topological polar surface area (TPSA) is 61.7 Å². The van der Waals surface area contributed by atoms with Gasteiger partial charge in [-0.25, -0.2) is 0 Å². The molecule has 1 atom stereocenters. The summed E-state index contributed by atoms with van der Waals surface area (Å²) in [4.78, 5) is 13.3. The Bertz CT molecular complexity index is 1250. The Morgan fingerprint density at radius 3 is 2.47 bits per heavy atom. The lowest BCUT2D eigenvalue weighted by molar-refractivity contribution is 0.0941. The highest BCUT2D eigenvalue weighted by molar-refractivity contribution is 6.07. The Balaban J connectivity index is 1.54. The number of nitrogens with one attached hydrogen (secondary N) is 1. The maximum atomic E-state index is 13.3. The normalized spacial score (nSPS) is 11.9. The van der Waals surface area contributed by atoms with Gasteiger partial charge in [-0.1, -0.05) is 54.6 Å². The van der Waals surface area contributed by atoms with Crippen molar-refractivity contribution in [3.63, 3.8) is 0 Å². The Hall–Kier alpha value is -3.77. The number of benzene rings is 3. The monoisotopic (exact) mass is 458 g/mol. The average Bonchev–Trinajstić information content (AvgIpc) is 3.23. The second-order valence-electron chi connectivity index (χ2n) is 8.12. The summed E-state index contributed by atoms with van der Waals surface area (Å²) in [5.41, 5.74) is 3.80. The van der Waals surface area contributed by atoms with Crippen LogP contribution >= 0.6 is 0 Å². The molecule has 1 heterocycles. The summed E-state index contributed by atoms with van der Waals surface area (Å²) in [6.45, 7) is 3.59. The summed E-state index contributed by atoms with van der Waals surface area (Å²) in [5, 5.41) is 4.07. The van der Waals surface area contributed by atoms with E-state index in [1.54, 1.807) is 14.2 Å². The van der Waals surface area contributed by atoms with E-state index in [9.17, 15) is 4.79 Å². The van der Waals surface area contributed by atoms with Crippen LogP contribution in [-0.2, 0) is 11.3 Å². The molecule has 0 fully saturated rings. The number of fused-ring (bicyclic) bond motifs is 1. The summed E-state index contributed by atoms with van der Waals surface area (Å²) in [5.74, 6) is 1.15. The van der Waals surface area contributed by atoms with Crippen molar-refractivity contribution in [3.05, 3.63) is 95.7 Å². The van der Waals surface area contributed by atoms with Crippen molar-refractivity contribution >= 4 is 16.8 Å². The van der Waals surface area contributed by atoms with Crippen molar-refractivity contribution in [2.24, 2.45) is 0 Å². The first-order valence-electron chi connectivity index (χ1n) is 11.3. The fourth-order valence-corrected chi connectivity index (χ4v) is 4.00. The number of carbonyl (C=O) groups excluding carboxylic acids is 1. The van der Waals surface area contributed by atoms with E-state index in [4.69, 9.17) is 14.2 Å². The van der Waals surface area contributed by atoms with Gasteiger partial charge in [-0.3, -0.25) is 4.79 Å². The molecule has 0 saturated heterocycles. The van der Waals surface area contributed by atoms with Gasteiger partial charge < -0.3 is 24.1 Å². The number of aromatic nitrogens is 1. The molecule has 6 nitrogen and oxygen atoms in total. The summed E-state index contributed by atoms with van der Waals surface area (Å²) >= 11 is 0. The van der Waals surface area contributed by atoms with Crippen LogP contribution in [0.25, 0.3) is 10.9 Å². The standard InChI is InChI=1S/C28H30N2O4/c1-20(22-13-14-26(27(17-22)33-3)34-16-15-32-2)29-28(31)24-19-30(18-21-9-5-4-6-10-21)25-12-8-7-11-23(24)25/h4-14,17,19-20H,15-16,18H2,1-3H3,(H,29,31). The summed E-state index contributed by atoms with van der Waals surface area (Å²) in [7, 11) is 3.24. The number of para-hydroxylation sites is 1. The van der Waals surface area contributed by atoms with Gasteiger partial charge >= 0.3 is 0 Å². The molecule has 0 saturated carbocycles. The molecule has 1 aromatic heterocycles. The SMILES string of the molecule is COCCOc1ccc(C(C)NC(=O)c2cn(Cc3ccccc3)c3ccccc23)cc1OC. The van der Waals surface area contributed by atoms with Crippen LogP contribution in [0.4, 0.5) is 0 Å².